The van der Waals surface area contributed by atoms with Crippen molar-refractivity contribution in [2.75, 3.05) is 27.3 Å². The van der Waals surface area contributed by atoms with Gasteiger partial charge in [0.05, 0.1) is 25.7 Å². The molecule has 1 aliphatic carbocycles. The second-order valence-corrected chi connectivity index (χ2v) is 9.58. The Kier molecular flexibility index (Phi) is 5.87. The van der Waals surface area contributed by atoms with E-state index in [-0.39, 0.29) is 18.3 Å². The van der Waals surface area contributed by atoms with E-state index in [1.165, 1.54) is 18.2 Å². The average Bonchev–Trinajstić information content (AvgIpc) is 3.39. The number of hydrogen-bond acceptors (Lipinski definition) is 5. The third-order valence-electron chi connectivity index (χ3n) is 8.04. The maximum absolute atomic E-state index is 13.2. The van der Waals surface area contributed by atoms with Crippen molar-refractivity contribution in [1.29, 1.82) is 0 Å². The zero-order valence-electron chi connectivity index (χ0n) is 19.5. The molecule has 3 aliphatic rings. The van der Waals surface area contributed by atoms with Gasteiger partial charge < -0.3 is 14.4 Å². The third-order valence-corrected chi connectivity index (χ3v) is 8.04. The first-order chi connectivity index (χ1) is 16.0. The first-order valence-electron chi connectivity index (χ1n) is 11.9. The zero-order valence-corrected chi connectivity index (χ0v) is 19.5. The predicted octanol–water partition coefficient (Wildman–Crippen LogP) is 3.22. The summed E-state index contributed by atoms with van der Waals surface area (Å²) >= 11 is 0. The van der Waals surface area contributed by atoms with Crippen LogP contribution in [-0.4, -0.2) is 60.6 Å². The maximum atomic E-state index is 13.2. The molecule has 2 aliphatic heterocycles. The van der Waals surface area contributed by atoms with Crippen LogP contribution in [0.2, 0.25) is 0 Å². The van der Waals surface area contributed by atoms with Crippen LogP contribution in [0.25, 0.3) is 0 Å². The van der Waals surface area contributed by atoms with Gasteiger partial charge in [-0.1, -0.05) is 36.4 Å². The van der Waals surface area contributed by atoms with E-state index in [0.717, 1.165) is 50.1 Å². The minimum absolute atomic E-state index is 0.0370. The Morgan fingerprint density at radius 3 is 2.33 bits per heavy atom. The van der Waals surface area contributed by atoms with E-state index in [1.807, 2.05) is 29.2 Å². The Morgan fingerprint density at radius 1 is 1.00 bits per heavy atom. The molecule has 0 bridgehead atoms. The van der Waals surface area contributed by atoms with Crippen LogP contribution in [0.3, 0.4) is 0 Å². The number of methoxy groups -OCH3 is 2. The lowest BCUT2D eigenvalue weighted by Gasteiger charge is -2.48. The van der Waals surface area contributed by atoms with E-state index >= 15 is 0 Å². The van der Waals surface area contributed by atoms with E-state index in [0.29, 0.717) is 12.6 Å². The summed E-state index contributed by atoms with van der Waals surface area (Å²) in [5, 5.41) is 0. The molecule has 0 saturated carbocycles. The monoisotopic (exact) mass is 448 g/mol. The van der Waals surface area contributed by atoms with Crippen LogP contribution < -0.4 is 4.74 Å². The van der Waals surface area contributed by atoms with Gasteiger partial charge in [-0.05, 0) is 54.5 Å². The second-order valence-electron chi connectivity index (χ2n) is 9.58. The van der Waals surface area contributed by atoms with E-state index < -0.39 is 11.5 Å². The van der Waals surface area contributed by atoms with E-state index in [4.69, 9.17) is 9.47 Å². The Morgan fingerprint density at radius 2 is 1.70 bits per heavy atom. The van der Waals surface area contributed by atoms with E-state index in [1.54, 1.807) is 7.11 Å². The molecule has 2 aromatic rings. The first kappa shape index (κ1) is 22.0. The highest BCUT2D eigenvalue weighted by atomic mass is 16.5. The molecule has 5 rings (SSSR count). The molecular weight excluding hydrogens is 416 g/mol. The van der Waals surface area contributed by atoms with Gasteiger partial charge in [-0.15, -0.1) is 0 Å². The number of hydrogen-bond donors (Lipinski definition) is 0. The Bertz CT molecular complexity index is 1020. The summed E-state index contributed by atoms with van der Waals surface area (Å²) in [6.45, 7) is 2.25. The van der Waals surface area contributed by atoms with Crippen molar-refractivity contribution in [1.82, 2.24) is 9.80 Å². The van der Waals surface area contributed by atoms with Gasteiger partial charge in [0, 0.05) is 32.1 Å². The van der Waals surface area contributed by atoms with Crippen LogP contribution in [0, 0.1) is 5.92 Å². The van der Waals surface area contributed by atoms with Crippen LogP contribution in [0.15, 0.2) is 48.5 Å². The van der Waals surface area contributed by atoms with Crippen molar-refractivity contribution < 1.29 is 19.1 Å². The lowest BCUT2D eigenvalue weighted by atomic mass is 9.76. The molecule has 1 atom stereocenters. The maximum Gasteiger partial charge on any atom is 0.311 e. The van der Waals surface area contributed by atoms with Crippen LogP contribution in [0.1, 0.15) is 36.0 Å². The molecule has 0 radical (unpaired) electrons. The third kappa shape index (κ3) is 3.90. The molecule has 1 amide bonds. The molecule has 174 valence electrons. The second kappa shape index (κ2) is 8.82. The Labute approximate surface area is 195 Å². The molecular formula is C27H32N2O4. The molecule has 2 fully saturated rings. The fraction of sp³-hybridized carbons (Fsp3) is 0.481. The molecule has 0 aromatic heterocycles. The van der Waals surface area contributed by atoms with Crippen LogP contribution >= 0.6 is 0 Å². The summed E-state index contributed by atoms with van der Waals surface area (Å²) in [5.74, 6) is 0.130. The molecule has 2 saturated heterocycles. The highest BCUT2D eigenvalue weighted by molar-refractivity contribution is 5.89. The molecule has 6 heteroatoms. The summed E-state index contributed by atoms with van der Waals surface area (Å²) in [4.78, 5) is 30.5. The summed E-state index contributed by atoms with van der Waals surface area (Å²) in [6, 6.07) is 17.0. The fourth-order valence-corrected chi connectivity index (χ4v) is 6.24. The predicted molar refractivity (Wildman–Crippen MR) is 125 cm³/mol. The van der Waals surface area contributed by atoms with Gasteiger partial charge in [0.25, 0.3) is 0 Å². The smallest absolute Gasteiger partial charge is 0.311 e. The summed E-state index contributed by atoms with van der Waals surface area (Å²) in [6.07, 6.45) is 3.96. The van der Waals surface area contributed by atoms with Crippen molar-refractivity contribution in [2.24, 2.45) is 5.92 Å². The highest BCUT2D eigenvalue weighted by Gasteiger charge is 2.57. The molecule has 0 N–H and O–H groups in total. The lowest BCUT2D eigenvalue weighted by Crippen LogP contribution is -2.58. The Balaban J connectivity index is 1.37. The van der Waals surface area contributed by atoms with Crippen molar-refractivity contribution in [2.45, 2.75) is 50.2 Å². The Hall–Kier alpha value is -2.86. The average molecular weight is 449 g/mol. The molecule has 1 spiro atoms. The first-order valence-corrected chi connectivity index (χ1v) is 11.9. The summed E-state index contributed by atoms with van der Waals surface area (Å²) in [7, 11) is 3.07. The fourth-order valence-electron chi connectivity index (χ4n) is 6.24. The summed E-state index contributed by atoms with van der Waals surface area (Å²) < 4.78 is 10.5. The number of ether oxygens (including phenoxy) is 2. The summed E-state index contributed by atoms with van der Waals surface area (Å²) in [5.41, 5.74) is 3.42. The number of benzene rings is 2. The molecule has 6 nitrogen and oxygen atoms in total. The van der Waals surface area contributed by atoms with Crippen molar-refractivity contribution in [3.63, 3.8) is 0 Å². The minimum atomic E-state index is -0.491. The quantitative estimate of drug-likeness (QED) is 0.658. The number of esters is 1. The van der Waals surface area contributed by atoms with Crippen molar-refractivity contribution in [3.05, 3.63) is 65.2 Å². The largest absolute Gasteiger partial charge is 0.497 e. The van der Waals surface area contributed by atoms with Crippen LogP contribution in [0.5, 0.6) is 5.75 Å². The molecule has 33 heavy (non-hydrogen) atoms. The van der Waals surface area contributed by atoms with Crippen LogP contribution in [-0.2, 0) is 33.7 Å². The number of amides is 1. The van der Waals surface area contributed by atoms with Gasteiger partial charge in [-0.25, -0.2) is 0 Å². The van der Waals surface area contributed by atoms with Crippen molar-refractivity contribution in [3.8, 4) is 5.75 Å². The number of piperidine rings is 1. The minimum Gasteiger partial charge on any atom is -0.497 e. The van der Waals surface area contributed by atoms with Gasteiger partial charge >= 0.3 is 5.97 Å². The van der Waals surface area contributed by atoms with Gasteiger partial charge in [0.15, 0.2) is 0 Å². The standard InChI is InChI=1S/C27H32N2O4/c1-32-23-9-5-6-19(14-23)18-29-25(30)17-24(26(31)33-2)27(29)10-12-28(13-11-27)22-15-20-7-3-4-8-21(20)16-22/h3-9,14,22,24H,10-13,15-18H2,1-2H3. The molecule has 1 unspecified atom stereocenters. The number of carbonyl (C=O) groups excluding carboxylic acids is 2. The van der Waals surface area contributed by atoms with E-state index in [2.05, 4.69) is 29.2 Å². The highest BCUT2D eigenvalue weighted by Crippen LogP contribution is 2.46. The topological polar surface area (TPSA) is 59.1 Å². The van der Waals surface area contributed by atoms with Gasteiger partial charge in [0.2, 0.25) is 5.91 Å². The molecule has 2 aromatic carbocycles. The SMILES string of the molecule is COC(=O)C1CC(=O)N(Cc2cccc(OC)c2)C12CCN(C1Cc3ccccc3C1)CC2. The van der Waals surface area contributed by atoms with Crippen molar-refractivity contribution >= 4 is 11.9 Å². The van der Waals surface area contributed by atoms with E-state index in [9.17, 15) is 9.59 Å². The molecule has 2 heterocycles. The van der Waals surface area contributed by atoms with Gasteiger partial charge in [-0.3, -0.25) is 14.5 Å². The number of fused-ring (bicyclic) bond motifs is 1. The zero-order chi connectivity index (χ0) is 23.0. The van der Waals surface area contributed by atoms with Crippen LogP contribution in [0.4, 0.5) is 0 Å². The number of rotatable bonds is 5. The number of likely N-dealkylation sites (tertiary alicyclic amines) is 2. The van der Waals surface area contributed by atoms with Gasteiger partial charge in [-0.2, -0.15) is 0 Å². The lowest BCUT2D eigenvalue weighted by molar-refractivity contribution is -0.150. The van der Waals surface area contributed by atoms with Gasteiger partial charge in [0.1, 0.15) is 5.75 Å². The normalized spacial score (nSPS) is 22.5. The number of carbonyl (C=O) groups is 2. The number of nitrogens with zero attached hydrogens (tertiary/aromatic N) is 2.